The maximum Gasteiger partial charge on any atom is 0.137 e. The van der Waals surface area contributed by atoms with E-state index in [0.717, 1.165) is 39.0 Å². The van der Waals surface area contributed by atoms with Gasteiger partial charge in [-0.1, -0.05) is 129 Å². The summed E-state index contributed by atoms with van der Waals surface area (Å²) in [5.41, 5.74) is 15.1. The molecule has 1 aliphatic rings. The molecule has 0 aliphatic heterocycles. The van der Waals surface area contributed by atoms with E-state index in [4.69, 9.17) is 4.42 Å². The molecule has 1 aliphatic carbocycles. The zero-order valence-electron chi connectivity index (χ0n) is 26.4. The predicted molar refractivity (Wildman–Crippen MR) is 197 cm³/mol. The van der Waals surface area contributed by atoms with Gasteiger partial charge in [0.15, 0.2) is 0 Å². The van der Waals surface area contributed by atoms with Gasteiger partial charge in [0.25, 0.3) is 0 Å². The molecule has 0 saturated carbocycles. The number of anilines is 3. The lowest BCUT2D eigenvalue weighted by molar-refractivity contribution is 0.662. The van der Waals surface area contributed by atoms with Gasteiger partial charge < -0.3 is 9.32 Å². The first-order valence-electron chi connectivity index (χ1n) is 16.3. The Balaban J connectivity index is 1.30. The van der Waals surface area contributed by atoms with Gasteiger partial charge >= 0.3 is 0 Å². The zero-order chi connectivity index (χ0) is 31.5. The molecule has 0 fully saturated rings. The fourth-order valence-corrected chi connectivity index (χ4v) is 7.62. The smallest absolute Gasteiger partial charge is 0.137 e. The summed E-state index contributed by atoms with van der Waals surface area (Å²) in [6.45, 7) is 4.72. The number of hydrogen-bond acceptors (Lipinski definition) is 2. The molecule has 1 aromatic heterocycles. The van der Waals surface area contributed by atoms with E-state index < -0.39 is 0 Å². The van der Waals surface area contributed by atoms with E-state index in [1.807, 2.05) is 12.1 Å². The van der Waals surface area contributed by atoms with E-state index >= 15 is 0 Å². The average molecular weight is 604 g/mol. The number of furan rings is 1. The summed E-state index contributed by atoms with van der Waals surface area (Å²) in [4.78, 5) is 2.38. The standard InChI is InChI=1S/C45H33NO/c1-45(2)41-19-11-9-17-36(41)40-28-35(27-39(44(40)45)32-15-7-4-8-16-32)46(33-23-21-31(22-24-33)30-13-5-3-6-14-30)34-25-26-38-37-18-10-12-20-42(37)47-43(38)29-34/h3-29H,1-2H3. The zero-order valence-corrected chi connectivity index (χ0v) is 26.4. The maximum atomic E-state index is 6.41. The van der Waals surface area contributed by atoms with Crippen LogP contribution in [0.4, 0.5) is 17.1 Å². The SMILES string of the molecule is CC1(C)c2ccccc2-c2cc(N(c3ccc(-c4ccccc4)cc3)c3ccc4c(c3)oc3ccccc34)cc(-c3ccccc3)c21. The Morgan fingerprint density at radius 3 is 1.81 bits per heavy atom. The van der Waals surface area contributed by atoms with Crippen LogP contribution in [0.25, 0.3) is 55.3 Å². The molecular weight excluding hydrogens is 571 g/mol. The summed E-state index contributed by atoms with van der Waals surface area (Å²) in [5, 5.41) is 2.26. The van der Waals surface area contributed by atoms with Crippen molar-refractivity contribution in [2.45, 2.75) is 19.3 Å². The molecule has 0 amide bonds. The van der Waals surface area contributed by atoms with Gasteiger partial charge in [-0.2, -0.15) is 0 Å². The van der Waals surface area contributed by atoms with Crippen molar-refractivity contribution in [3.05, 3.63) is 175 Å². The Labute approximate surface area is 275 Å². The van der Waals surface area contributed by atoms with Crippen molar-refractivity contribution in [2.24, 2.45) is 0 Å². The normalized spacial score (nSPS) is 13.1. The third-order valence-corrected chi connectivity index (χ3v) is 9.83. The molecule has 0 radical (unpaired) electrons. The second kappa shape index (κ2) is 10.6. The molecule has 0 bridgehead atoms. The van der Waals surface area contributed by atoms with Crippen molar-refractivity contribution >= 4 is 39.0 Å². The lowest BCUT2D eigenvalue weighted by atomic mass is 9.78. The van der Waals surface area contributed by atoms with Crippen molar-refractivity contribution in [1.82, 2.24) is 0 Å². The number of rotatable bonds is 5. The van der Waals surface area contributed by atoms with E-state index in [1.54, 1.807) is 0 Å². The van der Waals surface area contributed by atoms with E-state index in [2.05, 4.69) is 170 Å². The number of hydrogen-bond donors (Lipinski definition) is 0. The van der Waals surface area contributed by atoms with Crippen LogP contribution in [0.15, 0.2) is 168 Å². The van der Waals surface area contributed by atoms with Gasteiger partial charge in [0.05, 0.1) is 0 Å². The lowest BCUT2D eigenvalue weighted by Gasteiger charge is -2.29. The molecule has 1 heterocycles. The molecule has 0 atom stereocenters. The molecule has 9 rings (SSSR count). The Kier molecular flexibility index (Phi) is 6.20. The summed E-state index contributed by atoms with van der Waals surface area (Å²) in [5.74, 6) is 0. The first-order chi connectivity index (χ1) is 23.1. The topological polar surface area (TPSA) is 16.4 Å². The quantitative estimate of drug-likeness (QED) is 0.195. The van der Waals surface area contributed by atoms with Gasteiger partial charge in [0.2, 0.25) is 0 Å². The fraction of sp³-hybridized carbons (Fsp3) is 0.0667. The molecular formula is C45H33NO. The monoisotopic (exact) mass is 603 g/mol. The molecule has 2 heteroatoms. The van der Waals surface area contributed by atoms with Crippen LogP contribution in [-0.4, -0.2) is 0 Å². The summed E-state index contributed by atoms with van der Waals surface area (Å²) in [7, 11) is 0. The molecule has 224 valence electrons. The van der Waals surface area contributed by atoms with E-state index in [9.17, 15) is 0 Å². The van der Waals surface area contributed by atoms with Gasteiger partial charge in [-0.3, -0.25) is 0 Å². The number of para-hydroxylation sites is 1. The molecule has 7 aromatic carbocycles. The molecule has 2 nitrogen and oxygen atoms in total. The minimum atomic E-state index is -0.134. The van der Waals surface area contributed by atoms with Crippen LogP contribution in [0.5, 0.6) is 0 Å². The predicted octanol–water partition coefficient (Wildman–Crippen LogP) is 12.7. The van der Waals surface area contributed by atoms with Crippen LogP contribution < -0.4 is 4.90 Å². The molecule has 0 spiro atoms. The van der Waals surface area contributed by atoms with Crippen molar-refractivity contribution in [3.63, 3.8) is 0 Å². The molecule has 47 heavy (non-hydrogen) atoms. The number of nitrogens with zero attached hydrogens (tertiary/aromatic N) is 1. The molecule has 0 unspecified atom stereocenters. The third kappa shape index (κ3) is 4.40. The van der Waals surface area contributed by atoms with Gasteiger partial charge in [-0.15, -0.1) is 0 Å². The number of benzene rings is 7. The summed E-state index contributed by atoms with van der Waals surface area (Å²) >= 11 is 0. The van der Waals surface area contributed by atoms with Crippen LogP contribution in [0.2, 0.25) is 0 Å². The largest absolute Gasteiger partial charge is 0.456 e. The van der Waals surface area contributed by atoms with E-state index in [0.29, 0.717) is 0 Å². The summed E-state index contributed by atoms with van der Waals surface area (Å²) in [6.07, 6.45) is 0. The van der Waals surface area contributed by atoms with Crippen LogP contribution in [0.3, 0.4) is 0 Å². The van der Waals surface area contributed by atoms with E-state index in [-0.39, 0.29) is 5.41 Å². The van der Waals surface area contributed by atoms with Crippen molar-refractivity contribution in [1.29, 1.82) is 0 Å². The average Bonchev–Trinajstić information content (AvgIpc) is 3.61. The first-order valence-corrected chi connectivity index (χ1v) is 16.3. The van der Waals surface area contributed by atoms with E-state index in [1.165, 1.54) is 44.5 Å². The first kappa shape index (κ1) is 27.5. The van der Waals surface area contributed by atoms with Gasteiger partial charge in [-0.05, 0) is 87.0 Å². The Bertz CT molecular complexity index is 2420. The van der Waals surface area contributed by atoms with Crippen molar-refractivity contribution in [2.75, 3.05) is 4.90 Å². The second-order valence-electron chi connectivity index (χ2n) is 13.0. The third-order valence-electron chi connectivity index (χ3n) is 9.83. The van der Waals surface area contributed by atoms with Crippen molar-refractivity contribution in [3.8, 4) is 33.4 Å². The summed E-state index contributed by atoms with van der Waals surface area (Å²) < 4.78 is 6.41. The highest BCUT2D eigenvalue weighted by molar-refractivity contribution is 6.06. The highest BCUT2D eigenvalue weighted by atomic mass is 16.3. The maximum absolute atomic E-state index is 6.41. The second-order valence-corrected chi connectivity index (χ2v) is 13.0. The fourth-order valence-electron chi connectivity index (χ4n) is 7.62. The van der Waals surface area contributed by atoms with Crippen molar-refractivity contribution < 1.29 is 4.42 Å². The molecule has 8 aromatic rings. The summed E-state index contributed by atoms with van der Waals surface area (Å²) in [6, 6.07) is 58.9. The molecule has 0 N–H and O–H groups in total. The number of fused-ring (bicyclic) bond motifs is 6. The van der Waals surface area contributed by atoms with Crippen LogP contribution in [0.1, 0.15) is 25.0 Å². The Morgan fingerprint density at radius 2 is 1.02 bits per heavy atom. The Morgan fingerprint density at radius 1 is 0.426 bits per heavy atom. The minimum absolute atomic E-state index is 0.134. The minimum Gasteiger partial charge on any atom is -0.456 e. The van der Waals surface area contributed by atoms with Crippen LogP contribution in [0, 0.1) is 0 Å². The Hall–Kier alpha value is -5.86. The van der Waals surface area contributed by atoms with Gasteiger partial charge in [0, 0.05) is 39.3 Å². The highest BCUT2D eigenvalue weighted by Gasteiger charge is 2.38. The molecule has 0 saturated heterocycles. The van der Waals surface area contributed by atoms with Crippen LogP contribution >= 0.6 is 0 Å². The lowest BCUT2D eigenvalue weighted by Crippen LogP contribution is -2.17. The van der Waals surface area contributed by atoms with Gasteiger partial charge in [0.1, 0.15) is 11.2 Å². The van der Waals surface area contributed by atoms with Crippen LogP contribution in [-0.2, 0) is 5.41 Å². The highest BCUT2D eigenvalue weighted by Crippen LogP contribution is 2.54. The van der Waals surface area contributed by atoms with Gasteiger partial charge in [-0.25, -0.2) is 0 Å².